The third-order valence-electron chi connectivity index (χ3n) is 4.05. The zero-order valence-corrected chi connectivity index (χ0v) is 14.8. The minimum absolute atomic E-state index is 0.0725. The second kappa shape index (κ2) is 8.34. The molecule has 0 saturated heterocycles. The molecule has 26 heavy (non-hydrogen) atoms. The Kier molecular flexibility index (Phi) is 5.69. The van der Waals surface area contributed by atoms with Gasteiger partial charge in [0.2, 0.25) is 0 Å². The molecule has 1 heterocycles. The summed E-state index contributed by atoms with van der Waals surface area (Å²) in [5.41, 5.74) is 3.13. The maximum absolute atomic E-state index is 11.2. The second-order valence-corrected chi connectivity index (χ2v) is 6.08. The number of benzene rings is 2. The number of unbranched alkanes of at least 4 members (excludes halogenated alkanes) is 1. The lowest BCUT2D eigenvalue weighted by atomic mass is 10.1. The van der Waals surface area contributed by atoms with Crippen molar-refractivity contribution in [1.29, 1.82) is 0 Å². The summed E-state index contributed by atoms with van der Waals surface area (Å²) in [4.78, 5) is 11.2. The van der Waals surface area contributed by atoms with Gasteiger partial charge >= 0.3 is 5.97 Å². The van der Waals surface area contributed by atoms with Gasteiger partial charge in [0.15, 0.2) is 0 Å². The first-order valence-electron chi connectivity index (χ1n) is 8.76. The van der Waals surface area contributed by atoms with Crippen molar-refractivity contribution in [3.8, 4) is 22.7 Å². The molecule has 0 atom stereocenters. The molecular weight excluding hydrogens is 328 g/mol. The molecule has 0 bridgehead atoms. The number of carboxylic acid groups (broad SMARTS) is 1. The van der Waals surface area contributed by atoms with E-state index in [4.69, 9.17) is 4.74 Å². The van der Waals surface area contributed by atoms with Crippen LogP contribution in [0.15, 0.2) is 60.8 Å². The van der Waals surface area contributed by atoms with E-state index in [1.54, 1.807) is 10.9 Å². The molecule has 3 rings (SSSR count). The summed E-state index contributed by atoms with van der Waals surface area (Å²) >= 11 is 0. The smallest absolute Gasteiger partial charge is 0.307 e. The summed E-state index contributed by atoms with van der Waals surface area (Å²) in [7, 11) is 0. The second-order valence-electron chi connectivity index (χ2n) is 6.08. The number of rotatable bonds is 8. The molecule has 0 radical (unpaired) electrons. The monoisotopic (exact) mass is 350 g/mol. The fraction of sp³-hybridized carbons (Fsp3) is 0.238. The highest BCUT2D eigenvalue weighted by molar-refractivity contribution is 5.75. The molecule has 5 nitrogen and oxygen atoms in total. The number of ether oxygens (including phenoxy) is 1. The first-order valence-corrected chi connectivity index (χ1v) is 8.76. The van der Waals surface area contributed by atoms with Crippen molar-refractivity contribution < 1.29 is 14.6 Å². The first-order chi connectivity index (χ1) is 12.7. The van der Waals surface area contributed by atoms with E-state index in [0.717, 1.165) is 29.8 Å². The average molecular weight is 350 g/mol. The van der Waals surface area contributed by atoms with E-state index < -0.39 is 5.97 Å². The standard InChI is InChI=1S/C21H22N2O3/c1-2-3-13-26-19-11-9-16(10-12-19)21-17(14-20(24)25)15-23(22-21)18-7-5-4-6-8-18/h4-12,15H,2-3,13-14H2,1H3,(H,24,25). The van der Waals surface area contributed by atoms with Gasteiger partial charge in [-0.15, -0.1) is 0 Å². The van der Waals surface area contributed by atoms with Crippen molar-refractivity contribution in [2.75, 3.05) is 6.61 Å². The van der Waals surface area contributed by atoms with Crippen LogP contribution in [-0.2, 0) is 11.2 Å². The molecular formula is C21H22N2O3. The summed E-state index contributed by atoms with van der Waals surface area (Å²) in [5.74, 6) is -0.0668. The van der Waals surface area contributed by atoms with Gasteiger partial charge in [0.05, 0.1) is 24.4 Å². The molecule has 0 aliphatic carbocycles. The third kappa shape index (κ3) is 4.30. The molecule has 0 aliphatic rings. The number of aliphatic carboxylic acids is 1. The molecule has 0 spiro atoms. The normalized spacial score (nSPS) is 10.7. The number of para-hydroxylation sites is 1. The van der Waals surface area contributed by atoms with Crippen LogP contribution in [0.4, 0.5) is 0 Å². The Morgan fingerprint density at radius 3 is 2.50 bits per heavy atom. The van der Waals surface area contributed by atoms with Crippen molar-refractivity contribution >= 4 is 5.97 Å². The van der Waals surface area contributed by atoms with E-state index in [1.165, 1.54) is 0 Å². The topological polar surface area (TPSA) is 64.4 Å². The van der Waals surface area contributed by atoms with Gasteiger partial charge in [0.25, 0.3) is 0 Å². The van der Waals surface area contributed by atoms with Crippen LogP contribution in [-0.4, -0.2) is 27.5 Å². The summed E-state index contributed by atoms with van der Waals surface area (Å²) in [5, 5.41) is 13.8. The fourth-order valence-corrected chi connectivity index (χ4v) is 2.70. The van der Waals surface area contributed by atoms with Crippen LogP contribution in [0.1, 0.15) is 25.3 Å². The van der Waals surface area contributed by atoms with Crippen molar-refractivity contribution in [1.82, 2.24) is 9.78 Å². The van der Waals surface area contributed by atoms with Gasteiger partial charge in [-0.05, 0) is 42.8 Å². The van der Waals surface area contributed by atoms with Gasteiger partial charge in [-0.3, -0.25) is 4.79 Å². The van der Waals surface area contributed by atoms with Crippen LogP contribution in [0.5, 0.6) is 5.75 Å². The molecule has 1 N–H and O–H groups in total. The third-order valence-corrected chi connectivity index (χ3v) is 4.05. The zero-order valence-electron chi connectivity index (χ0n) is 14.8. The highest BCUT2D eigenvalue weighted by Crippen LogP contribution is 2.26. The molecule has 1 aromatic heterocycles. The minimum atomic E-state index is -0.876. The van der Waals surface area contributed by atoms with Crippen LogP contribution in [0.3, 0.4) is 0 Å². The number of nitrogens with zero attached hydrogens (tertiary/aromatic N) is 2. The predicted molar refractivity (Wildman–Crippen MR) is 101 cm³/mol. The lowest BCUT2D eigenvalue weighted by Crippen LogP contribution is -2.00. The van der Waals surface area contributed by atoms with E-state index in [2.05, 4.69) is 12.0 Å². The largest absolute Gasteiger partial charge is 0.494 e. The lowest BCUT2D eigenvalue weighted by Gasteiger charge is -2.06. The van der Waals surface area contributed by atoms with Crippen molar-refractivity contribution in [3.05, 3.63) is 66.4 Å². The molecule has 0 amide bonds. The van der Waals surface area contributed by atoms with Crippen LogP contribution in [0, 0.1) is 0 Å². The van der Waals surface area contributed by atoms with Gasteiger partial charge in [-0.2, -0.15) is 5.10 Å². The summed E-state index contributed by atoms with van der Waals surface area (Å²) in [6.07, 6.45) is 3.82. The molecule has 2 aromatic carbocycles. The SMILES string of the molecule is CCCCOc1ccc(-c2nn(-c3ccccc3)cc2CC(=O)O)cc1. The van der Waals surface area contributed by atoms with E-state index in [1.807, 2.05) is 54.6 Å². The van der Waals surface area contributed by atoms with E-state index in [9.17, 15) is 9.90 Å². The Hall–Kier alpha value is -3.08. The Morgan fingerprint density at radius 1 is 1.12 bits per heavy atom. The fourth-order valence-electron chi connectivity index (χ4n) is 2.70. The van der Waals surface area contributed by atoms with Gasteiger partial charge in [-0.1, -0.05) is 31.5 Å². The number of hydrogen-bond donors (Lipinski definition) is 1. The van der Waals surface area contributed by atoms with Crippen molar-refractivity contribution in [3.63, 3.8) is 0 Å². The summed E-state index contributed by atoms with van der Waals surface area (Å²) < 4.78 is 7.41. The average Bonchev–Trinajstić information content (AvgIpc) is 3.06. The quantitative estimate of drug-likeness (QED) is 0.614. The predicted octanol–water partition coefficient (Wildman–Crippen LogP) is 4.35. The number of carbonyl (C=O) groups is 1. The molecule has 0 aliphatic heterocycles. The Bertz CT molecular complexity index is 855. The highest BCUT2D eigenvalue weighted by Gasteiger charge is 2.15. The van der Waals surface area contributed by atoms with Crippen LogP contribution in [0.2, 0.25) is 0 Å². The van der Waals surface area contributed by atoms with Gasteiger partial charge in [0, 0.05) is 17.3 Å². The first kappa shape index (κ1) is 17.7. The zero-order chi connectivity index (χ0) is 18.4. The maximum atomic E-state index is 11.2. The highest BCUT2D eigenvalue weighted by atomic mass is 16.5. The van der Waals surface area contributed by atoms with E-state index in [-0.39, 0.29) is 6.42 Å². The van der Waals surface area contributed by atoms with Crippen LogP contribution < -0.4 is 4.74 Å². The Morgan fingerprint density at radius 2 is 1.85 bits per heavy atom. The molecule has 0 saturated carbocycles. The summed E-state index contributed by atoms with van der Waals surface area (Å²) in [6.45, 7) is 2.82. The lowest BCUT2D eigenvalue weighted by molar-refractivity contribution is -0.136. The number of carboxylic acids is 1. The van der Waals surface area contributed by atoms with Gasteiger partial charge in [0.1, 0.15) is 5.75 Å². The summed E-state index contributed by atoms with van der Waals surface area (Å²) in [6, 6.07) is 17.3. The van der Waals surface area contributed by atoms with E-state index in [0.29, 0.717) is 17.9 Å². The maximum Gasteiger partial charge on any atom is 0.307 e. The molecule has 5 heteroatoms. The van der Waals surface area contributed by atoms with Gasteiger partial charge in [-0.25, -0.2) is 4.68 Å². The van der Waals surface area contributed by atoms with Crippen LogP contribution >= 0.6 is 0 Å². The Labute approximate surface area is 152 Å². The number of aromatic nitrogens is 2. The van der Waals surface area contributed by atoms with Gasteiger partial charge < -0.3 is 9.84 Å². The minimum Gasteiger partial charge on any atom is -0.494 e. The van der Waals surface area contributed by atoms with Crippen molar-refractivity contribution in [2.45, 2.75) is 26.2 Å². The molecule has 134 valence electrons. The molecule has 0 unspecified atom stereocenters. The van der Waals surface area contributed by atoms with Crippen LogP contribution in [0.25, 0.3) is 16.9 Å². The molecule has 3 aromatic rings. The number of hydrogen-bond acceptors (Lipinski definition) is 3. The molecule has 0 fully saturated rings. The van der Waals surface area contributed by atoms with Crippen molar-refractivity contribution in [2.24, 2.45) is 0 Å². The Balaban J connectivity index is 1.90. The van der Waals surface area contributed by atoms with E-state index >= 15 is 0 Å².